The van der Waals surface area contributed by atoms with E-state index < -0.39 is 0 Å². The van der Waals surface area contributed by atoms with Crippen LogP contribution >= 0.6 is 0 Å². The van der Waals surface area contributed by atoms with Gasteiger partial charge in [-0.2, -0.15) is 5.26 Å². The maximum Gasteiger partial charge on any atom is 0.226 e. The second-order valence-electron chi connectivity index (χ2n) is 4.84. The Morgan fingerprint density at radius 2 is 2.07 bits per heavy atom. The van der Waals surface area contributed by atoms with Gasteiger partial charge in [0.05, 0.1) is 6.07 Å². The van der Waals surface area contributed by atoms with Crippen molar-refractivity contribution in [1.82, 2.24) is 4.90 Å². The van der Waals surface area contributed by atoms with Crippen LogP contribution in [0.4, 0.5) is 0 Å². The van der Waals surface area contributed by atoms with Crippen molar-refractivity contribution >= 4 is 5.91 Å². The largest absolute Gasteiger partial charge is 0.329 e. The lowest BCUT2D eigenvalue weighted by Gasteiger charge is -2.23. The van der Waals surface area contributed by atoms with Gasteiger partial charge in [-0.3, -0.25) is 4.79 Å². The number of nitriles is 1. The fourth-order valence-corrected chi connectivity index (χ4v) is 2.80. The fraction of sp³-hybridized carbons (Fsp3) is 0.833. The van der Waals surface area contributed by atoms with Crippen LogP contribution in [0.25, 0.3) is 0 Å². The highest BCUT2D eigenvalue weighted by molar-refractivity contribution is 5.79. The van der Waals surface area contributed by atoms with E-state index in [0.29, 0.717) is 0 Å². The number of fused-ring (bicyclic) bond motifs is 1. The van der Waals surface area contributed by atoms with Crippen LogP contribution in [-0.4, -0.2) is 23.9 Å². The first-order chi connectivity index (χ1) is 7.26. The quantitative estimate of drug-likeness (QED) is 0.658. The highest BCUT2D eigenvalue weighted by atomic mass is 16.2. The number of amides is 1. The van der Waals surface area contributed by atoms with Crippen LogP contribution in [0.1, 0.15) is 32.6 Å². The molecule has 0 bridgehead atoms. The zero-order valence-corrected chi connectivity index (χ0v) is 9.28. The highest BCUT2D eigenvalue weighted by Gasteiger charge is 2.48. The lowest BCUT2D eigenvalue weighted by Crippen LogP contribution is -2.36. The zero-order valence-electron chi connectivity index (χ0n) is 9.28. The lowest BCUT2D eigenvalue weighted by atomic mass is 10.0. The number of carbonyl (C=O) groups is 1. The van der Waals surface area contributed by atoms with E-state index in [1.54, 1.807) is 4.90 Å². The third-order valence-electron chi connectivity index (χ3n) is 3.66. The second kappa shape index (κ2) is 4.22. The SMILES string of the molecule is CCCN(CC#N)C(=O)C1CC2CC2C1. The normalized spacial score (nSPS) is 31.9. The summed E-state index contributed by atoms with van der Waals surface area (Å²) in [6.07, 6.45) is 4.44. The van der Waals surface area contributed by atoms with E-state index in [1.165, 1.54) is 6.42 Å². The van der Waals surface area contributed by atoms with Gasteiger partial charge in [-0.05, 0) is 37.5 Å². The van der Waals surface area contributed by atoms with Gasteiger partial charge in [0.15, 0.2) is 0 Å². The molecule has 0 aromatic rings. The van der Waals surface area contributed by atoms with Gasteiger partial charge in [0, 0.05) is 12.5 Å². The molecule has 0 aliphatic heterocycles. The smallest absolute Gasteiger partial charge is 0.226 e. The van der Waals surface area contributed by atoms with Gasteiger partial charge < -0.3 is 4.90 Å². The Morgan fingerprint density at radius 1 is 1.40 bits per heavy atom. The third-order valence-corrected chi connectivity index (χ3v) is 3.66. The molecule has 0 spiro atoms. The van der Waals surface area contributed by atoms with Gasteiger partial charge in [-0.1, -0.05) is 6.92 Å². The van der Waals surface area contributed by atoms with Gasteiger partial charge >= 0.3 is 0 Å². The Morgan fingerprint density at radius 3 is 2.60 bits per heavy atom. The van der Waals surface area contributed by atoms with Crippen LogP contribution < -0.4 is 0 Å². The maximum absolute atomic E-state index is 12.1. The Hall–Kier alpha value is -1.04. The first-order valence-corrected chi connectivity index (χ1v) is 5.92. The van der Waals surface area contributed by atoms with Gasteiger partial charge in [-0.25, -0.2) is 0 Å². The predicted molar refractivity (Wildman–Crippen MR) is 56.8 cm³/mol. The second-order valence-corrected chi connectivity index (χ2v) is 4.84. The first-order valence-electron chi connectivity index (χ1n) is 5.92. The van der Waals surface area contributed by atoms with Crippen molar-refractivity contribution in [2.24, 2.45) is 17.8 Å². The summed E-state index contributed by atoms with van der Waals surface area (Å²) in [6.45, 7) is 3.04. The Balaban J connectivity index is 1.89. The van der Waals surface area contributed by atoms with Crippen LogP contribution in [0.2, 0.25) is 0 Å². The molecular weight excluding hydrogens is 188 g/mol. The fourth-order valence-electron chi connectivity index (χ4n) is 2.80. The van der Waals surface area contributed by atoms with Crippen LogP contribution in [0.15, 0.2) is 0 Å². The molecule has 0 heterocycles. The minimum Gasteiger partial charge on any atom is -0.329 e. The molecule has 0 aromatic carbocycles. The number of hydrogen-bond donors (Lipinski definition) is 0. The Labute approximate surface area is 91.1 Å². The summed E-state index contributed by atoms with van der Waals surface area (Å²) in [4.78, 5) is 13.8. The average Bonchev–Trinajstić information content (AvgIpc) is 2.84. The number of nitrogens with zero attached hydrogens (tertiary/aromatic N) is 2. The Bertz CT molecular complexity index is 284. The molecule has 15 heavy (non-hydrogen) atoms. The zero-order chi connectivity index (χ0) is 10.8. The number of hydrogen-bond acceptors (Lipinski definition) is 2. The molecular formula is C12H18N2O. The lowest BCUT2D eigenvalue weighted by molar-refractivity contribution is -0.135. The summed E-state index contributed by atoms with van der Waals surface area (Å²) in [6, 6.07) is 2.08. The molecule has 2 aliphatic carbocycles. The van der Waals surface area contributed by atoms with Gasteiger partial charge in [0.1, 0.15) is 6.54 Å². The van der Waals surface area contributed by atoms with Crippen LogP contribution in [0.3, 0.4) is 0 Å². The van der Waals surface area contributed by atoms with E-state index in [9.17, 15) is 4.79 Å². The number of carbonyl (C=O) groups excluding carboxylic acids is 1. The van der Waals surface area contributed by atoms with Gasteiger partial charge in [-0.15, -0.1) is 0 Å². The van der Waals surface area contributed by atoms with Crippen molar-refractivity contribution in [3.8, 4) is 6.07 Å². The summed E-state index contributed by atoms with van der Waals surface area (Å²) in [5.74, 6) is 2.13. The molecule has 82 valence electrons. The molecule has 0 saturated heterocycles. The molecule has 2 saturated carbocycles. The summed E-state index contributed by atoms with van der Waals surface area (Å²) in [5.41, 5.74) is 0. The molecule has 2 fully saturated rings. The third kappa shape index (κ3) is 2.14. The molecule has 3 heteroatoms. The van der Waals surface area contributed by atoms with Gasteiger partial charge in [0.2, 0.25) is 5.91 Å². The minimum absolute atomic E-state index is 0.227. The molecule has 2 unspecified atom stereocenters. The predicted octanol–water partition coefficient (Wildman–Crippen LogP) is 1.79. The van der Waals surface area contributed by atoms with Crippen LogP contribution in [0, 0.1) is 29.1 Å². The first kappa shape index (κ1) is 10.5. The van der Waals surface area contributed by atoms with Crippen LogP contribution in [-0.2, 0) is 4.79 Å². The summed E-state index contributed by atoms with van der Waals surface area (Å²) >= 11 is 0. The molecule has 2 rings (SSSR count). The van der Waals surface area contributed by atoms with E-state index in [0.717, 1.165) is 37.6 Å². The molecule has 0 N–H and O–H groups in total. The van der Waals surface area contributed by atoms with Crippen molar-refractivity contribution in [2.45, 2.75) is 32.6 Å². The number of rotatable bonds is 4. The molecule has 3 nitrogen and oxygen atoms in total. The summed E-state index contributed by atoms with van der Waals surface area (Å²) in [5, 5.41) is 8.67. The van der Waals surface area contributed by atoms with Crippen LogP contribution in [0.5, 0.6) is 0 Å². The Kier molecular flexibility index (Phi) is 2.95. The van der Waals surface area contributed by atoms with Gasteiger partial charge in [0.25, 0.3) is 0 Å². The standard InChI is InChI=1S/C12H18N2O/c1-2-4-14(5-3-13)12(15)11-7-9-6-10(9)8-11/h9-11H,2,4-8H2,1H3. The van der Waals surface area contributed by atoms with Crippen molar-refractivity contribution in [3.05, 3.63) is 0 Å². The maximum atomic E-state index is 12.1. The minimum atomic E-state index is 0.227. The monoisotopic (exact) mass is 206 g/mol. The molecule has 1 amide bonds. The van der Waals surface area contributed by atoms with Crippen molar-refractivity contribution < 1.29 is 4.79 Å². The van der Waals surface area contributed by atoms with Crippen molar-refractivity contribution in [2.75, 3.05) is 13.1 Å². The van der Waals surface area contributed by atoms with E-state index in [-0.39, 0.29) is 18.4 Å². The van der Waals surface area contributed by atoms with E-state index in [1.807, 2.05) is 6.92 Å². The summed E-state index contributed by atoms with van der Waals surface area (Å²) in [7, 11) is 0. The molecule has 0 radical (unpaired) electrons. The molecule has 2 atom stereocenters. The molecule has 0 aromatic heterocycles. The van der Waals surface area contributed by atoms with E-state index in [4.69, 9.17) is 5.26 Å². The molecule has 2 aliphatic rings. The average molecular weight is 206 g/mol. The van der Waals surface area contributed by atoms with E-state index in [2.05, 4.69) is 6.07 Å². The van der Waals surface area contributed by atoms with E-state index >= 15 is 0 Å². The van der Waals surface area contributed by atoms with Crippen molar-refractivity contribution in [1.29, 1.82) is 5.26 Å². The summed E-state index contributed by atoms with van der Waals surface area (Å²) < 4.78 is 0. The topological polar surface area (TPSA) is 44.1 Å². The highest BCUT2D eigenvalue weighted by Crippen LogP contribution is 2.54. The van der Waals surface area contributed by atoms with Crippen molar-refractivity contribution in [3.63, 3.8) is 0 Å².